The number of likely N-dealkylation sites (tertiary alicyclic amines) is 1. The maximum Gasteiger partial charge on any atom is 0.262 e. The van der Waals surface area contributed by atoms with Crippen LogP contribution in [0.15, 0.2) is 59.9 Å². The van der Waals surface area contributed by atoms with Gasteiger partial charge in [-0.05, 0) is 68.9 Å². The Labute approximate surface area is 231 Å². The smallest absolute Gasteiger partial charge is 0.262 e. The van der Waals surface area contributed by atoms with Crippen LogP contribution in [-0.2, 0) is 18.4 Å². The van der Waals surface area contributed by atoms with Crippen LogP contribution in [0.25, 0.3) is 16.7 Å². The zero-order valence-electron chi connectivity index (χ0n) is 22.5. The van der Waals surface area contributed by atoms with Crippen LogP contribution in [0.5, 0.6) is 0 Å². The lowest BCUT2D eigenvalue weighted by atomic mass is 9.84. The number of rotatable bonds is 6. The number of anilines is 1. The van der Waals surface area contributed by atoms with Gasteiger partial charge in [0.1, 0.15) is 18.0 Å². The van der Waals surface area contributed by atoms with Gasteiger partial charge in [-0.2, -0.15) is 5.10 Å². The van der Waals surface area contributed by atoms with Gasteiger partial charge in [0.15, 0.2) is 5.65 Å². The highest BCUT2D eigenvalue weighted by atomic mass is 19.1. The van der Waals surface area contributed by atoms with E-state index in [0.29, 0.717) is 48.7 Å². The Kier molecular flexibility index (Phi) is 6.91. The predicted molar refractivity (Wildman–Crippen MR) is 149 cm³/mol. The molecule has 11 heteroatoms. The first-order chi connectivity index (χ1) is 19.3. The highest BCUT2D eigenvalue weighted by molar-refractivity contribution is 5.79. The first kappa shape index (κ1) is 26.2. The van der Waals surface area contributed by atoms with E-state index in [-0.39, 0.29) is 29.7 Å². The molecule has 1 aromatic carbocycles. The molecule has 10 nitrogen and oxygen atoms in total. The van der Waals surface area contributed by atoms with E-state index in [4.69, 9.17) is 0 Å². The average molecular weight is 548 g/mol. The molecular formula is C29H34FN7O3. The van der Waals surface area contributed by atoms with Crippen molar-refractivity contribution in [3.8, 4) is 5.69 Å². The Balaban J connectivity index is 1.05. The molecule has 2 N–H and O–H groups in total. The first-order valence-corrected chi connectivity index (χ1v) is 13.9. The van der Waals surface area contributed by atoms with Gasteiger partial charge in [0, 0.05) is 56.2 Å². The number of benzene rings is 1. The standard InChI is InChI=1S/C29H34FN7O3/c1-34-14-11-25(33-34)32-22-6-2-20(3-7-22)27(38)35-16-12-29(40,13-17-35)18-36-19-31-26-24(28(36)39)10-15-37(26)23-8-4-21(30)5-9-23/h4-5,8-11,14-15,19-20,22,40H,2-3,6-7,12-13,16-18H2,1H3,(H,32,33)/t20-,22-. The zero-order valence-corrected chi connectivity index (χ0v) is 22.5. The summed E-state index contributed by atoms with van der Waals surface area (Å²) in [6.07, 6.45) is 9.42. The van der Waals surface area contributed by atoms with Crippen LogP contribution in [0.1, 0.15) is 38.5 Å². The molecule has 4 aromatic rings. The van der Waals surface area contributed by atoms with Crippen LogP contribution in [0.2, 0.25) is 0 Å². The fourth-order valence-electron chi connectivity index (χ4n) is 6.04. The van der Waals surface area contributed by atoms with Gasteiger partial charge in [-0.15, -0.1) is 0 Å². The van der Waals surface area contributed by atoms with Crippen molar-refractivity contribution in [1.82, 2.24) is 28.8 Å². The van der Waals surface area contributed by atoms with E-state index in [9.17, 15) is 19.1 Å². The number of hydrogen-bond donors (Lipinski definition) is 2. The number of aliphatic hydroxyl groups is 1. The van der Waals surface area contributed by atoms with Crippen molar-refractivity contribution in [2.45, 2.75) is 56.7 Å². The number of carbonyl (C=O) groups is 1. The molecule has 2 aliphatic rings. The number of nitrogens with one attached hydrogen (secondary N) is 1. The van der Waals surface area contributed by atoms with Gasteiger partial charge in [-0.25, -0.2) is 9.37 Å². The molecule has 0 bridgehead atoms. The first-order valence-electron chi connectivity index (χ1n) is 13.9. The summed E-state index contributed by atoms with van der Waals surface area (Å²) in [5, 5.41) is 19.6. The van der Waals surface area contributed by atoms with Crippen molar-refractivity contribution in [2.75, 3.05) is 18.4 Å². The molecule has 0 atom stereocenters. The number of hydrogen-bond acceptors (Lipinski definition) is 6. The molecule has 1 aliphatic carbocycles. The predicted octanol–water partition coefficient (Wildman–Crippen LogP) is 3.08. The second kappa shape index (κ2) is 10.5. The highest BCUT2D eigenvalue weighted by Gasteiger charge is 2.37. The van der Waals surface area contributed by atoms with Gasteiger partial charge in [-0.3, -0.25) is 18.8 Å². The molecule has 1 saturated carbocycles. The summed E-state index contributed by atoms with van der Waals surface area (Å²) in [6.45, 7) is 1.04. The number of nitrogens with zero attached hydrogens (tertiary/aromatic N) is 6. The molecule has 0 unspecified atom stereocenters. The Hall–Kier alpha value is -3.99. The number of carbonyl (C=O) groups excluding carboxylic acids is 1. The van der Waals surface area contributed by atoms with Gasteiger partial charge in [0.05, 0.1) is 17.5 Å². The lowest BCUT2D eigenvalue weighted by molar-refractivity contribution is -0.141. The van der Waals surface area contributed by atoms with Crippen molar-refractivity contribution in [3.05, 3.63) is 71.3 Å². The molecule has 6 rings (SSSR count). The summed E-state index contributed by atoms with van der Waals surface area (Å²) in [5.41, 5.74) is -0.159. The quantitative estimate of drug-likeness (QED) is 0.384. The Morgan fingerprint density at radius 3 is 2.48 bits per heavy atom. The van der Waals surface area contributed by atoms with Gasteiger partial charge < -0.3 is 19.9 Å². The molecule has 1 amide bonds. The molecular weight excluding hydrogens is 513 g/mol. The van der Waals surface area contributed by atoms with Gasteiger partial charge in [0.25, 0.3) is 5.56 Å². The molecule has 0 radical (unpaired) electrons. The topological polar surface area (TPSA) is 110 Å². The molecule has 3 aromatic heterocycles. The van der Waals surface area contributed by atoms with Gasteiger partial charge >= 0.3 is 0 Å². The molecule has 40 heavy (non-hydrogen) atoms. The summed E-state index contributed by atoms with van der Waals surface area (Å²) in [5.74, 6) is 0.706. The number of fused-ring (bicyclic) bond motifs is 1. The normalized spacial score (nSPS) is 21.0. The third-order valence-electron chi connectivity index (χ3n) is 8.39. The molecule has 0 spiro atoms. The number of aryl methyl sites for hydroxylation is 1. The largest absolute Gasteiger partial charge is 0.388 e. The van der Waals surface area contributed by atoms with Crippen molar-refractivity contribution in [3.63, 3.8) is 0 Å². The Morgan fingerprint density at radius 2 is 1.80 bits per heavy atom. The molecule has 1 saturated heterocycles. The van der Waals surface area contributed by atoms with Crippen LogP contribution in [0.4, 0.5) is 10.2 Å². The molecule has 2 fully saturated rings. The lowest BCUT2D eigenvalue weighted by Crippen LogP contribution is -2.51. The van der Waals surface area contributed by atoms with Crippen LogP contribution in [-0.4, -0.2) is 64.5 Å². The average Bonchev–Trinajstić information content (AvgIpc) is 3.57. The summed E-state index contributed by atoms with van der Waals surface area (Å²) in [6, 6.07) is 9.95. The van der Waals surface area contributed by atoms with Crippen LogP contribution >= 0.6 is 0 Å². The second-order valence-electron chi connectivity index (χ2n) is 11.2. The van der Waals surface area contributed by atoms with Gasteiger partial charge in [0.2, 0.25) is 5.91 Å². The number of piperidine rings is 1. The second-order valence-corrected chi connectivity index (χ2v) is 11.2. The highest BCUT2D eigenvalue weighted by Crippen LogP contribution is 2.31. The van der Waals surface area contributed by atoms with E-state index >= 15 is 0 Å². The number of halogens is 1. The van der Waals surface area contributed by atoms with E-state index in [1.807, 2.05) is 24.2 Å². The van der Waals surface area contributed by atoms with E-state index in [0.717, 1.165) is 31.5 Å². The fourth-order valence-corrected chi connectivity index (χ4v) is 6.04. The molecule has 1 aliphatic heterocycles. The SMILES string of the molecule is Cn1ccc(N[C@H]2CC[C@H](C(=O)N3CCC(O)(Cn4cnc5c(ccn5-c5ccc(F)cc5)c4=O)CC3)CC2)n1. The summed E-state index contributed by atoms with van der Waals surface area (Å²) in [4.78, 5) is 32.8. The minimum atomic E-state index is -1.10. The van der Waals surface area contributed by atoms with Crippen molar-refractivity contribution < 1.29 is 14.3 Å². The summed E-state index contributed by atoms with van der Waals surface area (Å²) in [7, 11) is 1.89. The molecule has 210 valence electrons. The fraction of sp³-hybridized carbons (Fsp3) is 0.448. The summed E-state index contributed by atoms with van der Waals surface area (Å²) < 4.78 is 18.3. The van der Waals surface area contributed by atoms with Gasteiger partial charge in [-0.1, -0.05) is 0 Å². The van der Waals surface area contributed by atoms with Crippen LogP contribution in [0.3, 0.4) is 0 Å². The summed E-state index contributed by atoms with van der Waals surface area (Å²) >= 11 is 0. The van der Waals surface area contributed by atoms with Crippen LogP contribution in [0, 0.1) is 11.7 Å². The van der Waals surface area contributed by atoms with E-state index < -0.39 is 5.60 Å². The Bertz CT molecular complexity index is 1560. The molecule has 4 heterocycles. The third-order valence-corrected chi connectivity index (χ3v) is 8.39. The Morgan fingerprint density at radius 1 is 1.07 bits per heavy atom. The maximum atomic E-state index is 13.3. The minimum absolute atomic E-state index is 0.00680. The lowest BCUT2D eigenvalue weighted by Gasteiger charge is -2.40. The number of amides is 1. The van der Waals surface area contributed by atoms with E-state index in [1.165, 1.54) is 23.0 Å². The van der Waals surface area contributed by atoms with Crippen molar-refractivity contribution in [1.29, 1.82) is 0 Å². The van der Waals surface area contributed by atoms with E-state index in [1.54, 1.807) is 33.6 Å². The third kappa shape index (κ3) is 5.25. The van der Waals surface area contributed by atoms with Crippen molar-refractivity contribution in [2.24, 2.45) is 13.0 Å². The van der Waals surface area contributed by atoms with Crippen LogP contribution < -0.4 is 10.9 Å². The zero-order chi connectivity index (χ0) is 27.9. The van der Waals surface area contributed by atoms with Crippen molar-refractivity contribution >= 4 is 22.8 Å². The van der Waals surface area contributed by atoms with E-state index in [2.05, 4.69) is 15.4 Å². The maximum absolute atomic E-state index is 13.3. The monoisotopic (exact) mass is 547 g/mol. The minimum Gasteiger partial charge on any atom is -0.388 e. The number of aromatic nitrogens is 5.